The van der Waals surface area contributed by atoms with Gasteiger partial charge in [0.05, 0.1) is 5.69 Å². The first-order valence-corrected chi connectivity index (χ1v) is 7.48. The van der Waals surface area contributed by atoms with E-state index in [-0.39, 0.29) is 0 Å². The Labute approximate surface area is 119 Å². The Morgan fingerprint density at radius 2 is 2.16 bits per heavy atom. The van der Waals surface area contributed by atoms with E-state index in [0.717, 1.165) is 23.0 Å². The lowest BCUT2D eigenvalue weighted by Gasteiger charge is -2.30. The van der Waals surface area contributed by atoms with Gasteiger partial charge in [0.25, 0.3) is 0 Å². The van der Waals surface area contributed by atoms with E-state index in [2.05, 4.69) is 27.4 Å². The van der Waals surface area contributed by atoms with Crippen LogP contribution in [0.15, 0.2) is 24.5 Å². The summed E-state index contributed by atoms with van der Waals surface area (Å²) in [5.41, 5.74) is 2.14. The minimum Gasteiger partial charge on any atom is -0.307 e. The average Bonchev–Trinajstić information content (AvgIpc) is 2.81. The van der Waals surface area contributed by atoms with Crippen molar-refractivity contribution in [3.05, 3.63) is 35.2 Å². The molecule has 0 radical (unpaired) electrons. The summed E-state index contributed by atoms with van der Waals surface area (Å²) >= 11 is 5.99. The van der Waals surface area contributed by atoms with Crippen molar-refractivity contribution in [2.45, 2.75) is 26.2 Å². The van der Waals surface area contributed by atoms with Crippen LogP contribution in [0.25, 0.3) is 5.65 Å². The maximum atomic E-state index is 5.99. The van der Waals surface area contributed by atoms with E-state index in [1.807, 2.05) is 18.3 Å². The Morgan fingerprint density at radius 3 is 2.89 bits per heavy atom. The smallest absolute Gasteiger partial charge is 0.138 e. The number of rotatable bonds is 3. The van der Waals surface area contributed by atoms with Crippen LogP contribution in [0.2, 0.25) is 5.02 Å². The maximum Gasteiger partial charge on any atom is 0.138 e. The number of aromatic nitrogens is 2. The van der Waals surface area contributed by atoms with E-state index in [4.69, 9.17) is 11.6 Å². The zero-order valence-electron chi connectivity index (χ0n) is 11.3. The summed E-state index contributed by atoms with van der Waals surface area (Å²) < 4.78 is 2.06. The molecule has 0 N–H and O–H groups in total. The molecule has 1 aliphatic heterocycles. The molecule has 0 bridgehead atoms. The molecule has 0 unspecified atom stereocenters. The summed E-state index contributed by atoms with van der Waals surface area (Å²) in [5, 5.41) is 0.751. The van der Waals surface area contributed by atoms with E-state index in [0.29, 0.717) is 0 Å². The zero-order valence-corrected chi connectivity index (χ0v) is 12.1. The number of likely N-dealkylation sites (tertiary alicyclic amines) is 1. The van der Waals surface area contributed by atoms with Gasteiger partial charge < -0.3 is 9.30 Å². The Hall–Kier alpha value is -1.06. The van der Waals surface area contributed by atoms with Crippen molar-refractivity contribution in [2.24, 2.45) is 5.92 Å². The highest BCUT2D eigenvalue weighted by Crippen LogP contribution is 2.22. The van der Waals surface area contributed by atoms with Crippen LogP contribution in [0.5, 0.6) is 0 Å². The van der Waals surface area contributed by atoms with Crippen LogP contribution in [0.1, 0.15) is 25.5 Å². The van der Waals surface area contributed by atoms with Crippen LogP contribution >= 0.6 is 11.6 Å². The summed E-state index contributed by atoms with van der Waals surface area (Å²) in [5.74, 6) is 0.781. The lowest BCUT2D eigenvalue weighted by molar-refractivity contribution is 0.191. The van der Waals surface area contributed by atoms with Crippen LogP contribution in [-0.4, -0.2) is 33.9 Å². The fraction of sp³-hybridized carbons (Fsp3) is 0.533. The molecule has 0 saturated carbocycles. The molecule has 1 aliphatic rings. The maximum absolute atomic E-state index is 5.99. The van der Waals surface area contributed by atoms with E-state index in [9.17, 15) is 0 Å². The van der Waals surface area contributed by atoms with Gasteiger partial charge in [-0.05, 0) is 56.9 Å². The molecule has 0 amide bonds. The number of fused-ring (bicyclic) bond motifs is 1. The standard InChI is InChI=1S/C15H20ClN3/c1-2-18-6-3-12(4-7-18)9-14-11-19-8-5-13(16)10-15(19)17-14/h5,8,10-12H,2-4,6-7,9H2,1H3. The van der Waals surface area contributed by atoms with Crippen molar-refractivity contribution < 1.29 is 0 Å². The molecule has 3 rings (SSSR count). The van der Waals surface area contributed by atoms with E-state index < -0.39 is 0 Å². The Bertz CT molecular complexity index is 556. The average molecular weight is 278 g/mol. The van der Waals surface area contributed by atoms with Gasteiger partial charge in [-0.3, -0.25) is 0 Å². The number of hydrogen-bond acceptors (Lipinski definition) is 2. The van der Waals surface area contributed by atoms with Gasteiger partial charge in [0, 0.05) is 17.4 Å². The third-order valence-electron chi connectivity index (χ3n) is 4.12. The molecule has 0 atom stereocenters. The number of halogens is 1. The zero-order chi connectivity index (χ0) is 13.2. The summed E-state index contributed by atoms with van der Waals surface area (Å²) in [4.78, 5) is 7.20. The summed E-state index contributed by atoms with van der Waals surface area (Å²) in [6.45, 7) is 5.90. The third kappa shape index (κ3) is 2.93. The molecule has 2 aromatic rings. The first-order valence-electron chi connectivity index (χ1n) is 7.10. The minimum atomic E-state index is 0.751. The predicted molar refractivity (Wildman–Crippen MR) is 78.7 cm³/mol. The number of pyridine rings is 1. The van der Waals surface area contributed by atoms with Crippen molar-refractivity contribution in [1.82, 2.24) is 14.3 Å². The molecule has 0 aliphatic carbocycles. The highest BCUT2D eigenvalue weighted by atomic mass is 35.5. The first kappa shape index (κ1) is 12.9. The number of nitrogens with zero attached hydrogens (tertiary/aromatic N) is 3. The van der Waals surface area contributed by atoms with Crippen LogP contribution in [-0.2, 0) is 6.42 Å². The highest BCUT2D eigenvalue weighted by Gasteiger charge is 2.19. The molecule has 19 heavy (non-hydrogen) atoms. The van der Waals surface area contributed by atoms with Crippen molar-refractivity contribution in [2.75, 3.05) is 19.6 Å². The molecule has 3 nitrogen and oxygen atoms in total. The molecule has 1 saturated heterocycles. The fourth-order valence-corrected chi connectivity index (χ4v) is 3.06. The second-order valence-electron chi connectivity index (χ2n) is 5.42. The van der Waals surface area contributed by atoms with Crippen LogP contribution in [0.3, 0.4) is 0 Å². The Kier molecular flexibility index (Phi) is 3.76. The topological polar surface area (TPSA) is 20.5 Å². The second-order valence-corrected chi connectivity index (χ2v) is 5.86. The Morgan fingerprint density at radius 1 is 1.37 bits per heavy atom. The molecule has 0 aromatic carbocycles. The van der Waals surface area contributed by atoms with E-state index in [1.165, 1.54) is 38.2 Å². The van der Waals surface area contributed by atoms with E-state index in [1.54, 1.807) is 0 Å². The number of hydrogen-bond donors (Lipinski definition) is 0. The van der Waals surface area contributed by atoms with Gasteiger partial charge in [-0.1, -0.05) is 18.5 Å². The van der Waals surface area contributed by atoms with E-state index >= 15 is 0 Å². The molecular weight excluding hydrogens is 258 g/mol. The van der Waals surface area contributed by atoms with Gasteiger partial charge in [-0.25, -0.2) is 4.98 Å². The lowest BCUT2D eigenvalue weighted by atomic mass is 9.92. The molecule has 0 spiro atoms. The van der Waals surface area contributed by atoms with Gasteiger partial charge in [-0.2, -0.15) is 0 Å². The highest BCUT2D eigenvalue weighted by molar-refractivity contribution is 6.30. The summed E-state index contributed by atoms with van der Waals surface area (Å²) in [6.07, 6.45) is 7.80. The van der Waals surface area contributed by atoms with Crippen molar-refractivity contribution in [1.29, 1.82) is 0 Å². The van der Waals surface area contributed by atoms with Gasteiger partial charge in [-0.15, -0.1) is 0 Å². The summed E-state index contributed by atoms with van der Waals surface area (Å²) in [7, 11) is 0. The van der Waals surface area contributed by atoms with Crippen LogP contribution in [0.4, 0.5) is 0 Å². The predicted octanol–water partition coefficient (Wildman–Crippen LogP) is 3.26. The molecule has 4 heteroatoms. The normalized spacial score (nSPS) is 18.2. The van der Waals surface area contributed by atoms with Gasteiger partial charge >= 0.3 is 0 Å². The molecule has 3 heterocycles. The van der Waals surface area contributed by atoms with Crippen molar-refractivity contribution in [3.8, 4) is 0 Å². The molecule has 102 valence electrons. The monoisotopic (exact) mass is 277 g/mol. The second kappa shape index (κ2) is 5.51. The van der Waals surface area contributed by atoms with Crippen molar-refractivity contribution in [3.63, 3.8) is 0 Å². The molecule has 1 fully saturated rings. The van der Waals surface area contributed by atoms with Gasteiger partial charge in [0.1, 0.15) is 5.65 Å². The number of piperidine rings is 1. The van der Waals surface area contributed by atoms with Gasteiger partial charge in [0.15, 0.2) is 0 Å². The molecule has 2 aromatic heterocycles. The number of imidazole rings is 1. The largest absolute Gasteiger partial charge is 0.307 e. The Balaban J connectivity index is 1.68. The first-order chi connectivity index (χ1) is 9.24. The minimum absolute atomic E-state index is 0.751. The SMILES string of the molecule is CCN1CCC(Cc2cn3ccc(Cl)cc3n2)CC1. The van der Waals surface area contributed by atoms with Crippen LogP contribution < -0.4 is 0 Å². The summed E-state index contributed by atoms with van der Waals surface area (Å²) in [6, 6.07) is 3.82. The molecular formula is C15H20ClN3. The van der Waals surface area contributed by atoms with Crippen LogP contribution in [0, 0.1) is 5.92 Å². The fourth-order valence-electron chi connectivity index (χ4n) is 2.91. The quantitative estimate of drug-likeness (QED) is 0.858. The lowest BCUT2D eigenvalue weighted by Crippen LogP contribution is -2.34. The van der Waals surface area contributed by atoms with Gasteiger partial charge in [0.2, 0.25) is 0 Å². The third-order valence-corrected chi connectivity index (χ3v) is 4.36. The van der Waals surface area contributed by atoms with Crippen molar-refractivity contribution >= 4 is 17.2 Å².